The van der Waals surface area contributed by atoms with Gasteiger partial charge in [-0.05, 0) is 95.1 Å². The third-order valence-electron chi connectivity index (χ3n) is 5.49. The highest BCUT2D eigenvalue weighted by Crippen LogP contribution is 2.35. The average molecular weight is 383 g/mol. The van der Waals surface area contributed by atoms with Crippen molar-refractivity contribution in [2.75, 3.05) is 0 Å². The average Bonchev–Trinajstić information content (AvgIpc) is 2.61. The first-order chi connectivity index (χ1) is 13.3. The quantitative estimate of drug-likeness (QED) is 0.353. The Morgan fingerprint density at radius 2 is 2.00 bits per heavy atom. The monoisotopic (exact) mass is 382 g/mol. The zero-order chi connectivity index (χ0) is 20.6. The molecule has 1 aliphatic rings. The van der Waals surface area contributed by atoms with Crippen molar-refractivity contribution < 1.29 is 9.84 Å². The number of benzene rings is 1. The van der Waals surface area contributed by atoms with E-state index in [0.717, 1.165) is 42.9 Å². The second-order valence-electron chi connectivity index (χ2n) is 8.95. The Hall–Kier alpha value is -1.96. The van der Waals surface area contributed by atoms with Crippen LogP contribution in [0.15, 0.2) is 53.6 Å². The van der Waals surface area contributed by atoms with Crippen molar-refractivity contribution in [3.63, 3.8) is 0 Å². The second kappa shape index (κ2) is 10.5. The van der Waals surface area contributed by atoms with E-state index in [1.165, 1.54) is 30.4 Å². The number of aromatic hydroxyl groups is 1. The van der Waals surface area contributed by atoms with E-state index in [-0.39, 0.29) is 5.60 Å². The van der Waals surface area contributed by atoms with Crippen molar-refractivity contribution in [3.05, 3.63) is 59.2 Å². The Balaban J connectivity index is 1.80. The molecule has 0 radical (unpaired) electrons. The fourth-order valence-corrected chi connectivity index (χ4v) is 3.60. The van der Waals surface area contributed by atoms with Gasteiger partial charge in [0.15, 0.2) is 0 Å². The number of phenolic OH excluding ortho intramolecular Hbond substituents is 1. The van der Waals surface area contributed by atoms with Crippen molar-refractivity contribution in [3.8, 4) is 11.5 Å². The normalized spacial score (nSPS) is 20.5. The van der Waals surface area contributed by atoms with Crippen LogP contribution in [-0.2, 0) is 6.42 Å². The van der Waals surface area contributed by atoms with Crippen LogP contribution in [0.25, 0.3) is 0 Å². The van der Waals surface area contributed by atoms with Crippen LogP contribution in [0, 0.1) is 5.92 Å². The van der Waals surface area contributed by atoms with Gasteiger partial charge < -0.3 is 9.84 Å². The SMILES string of the molecule is CC(=CC=CC1(C)CCc2cc(O)ccc2O1)CCC=C(C)CCCC(C)C. The van der Waals surface area contributed by atoms with Gasteiger partial charge in [0.25, 0.3) is 0 Å². The maximum Gasteiger partial charge on any atom is 0.125 e. The molecule has 0 saturated carbocycles. The summed E-state index contributed by atoms with van der Waals surface area (Å²) in [6.07, 6.45) is 16.8. The number of hydrogen-bond acceptors (Lipinski definition) is 2. The molecule has 28 heavy (non-hydrogen) atoms. The highest BCUT2D eigenvalue weighted by Gasteiger charge is 2.28. The summed E-state index contributed by atoms with van der Waals surface area (Å²) in [5.74, 6) is 2.00. The van der Waals surface area contributed by atoms with Gasteiger partial charge in [-0.25, -0.2) is 0 Å². The zero-order valence-electron chi connectivity index (χ0n) is 18.4. The molecule has 2 heteroatoms. The van der Waals surface area contributed by atoms with Crippen molar-refractivity contribution in [1.82, 2.24) is 0 Å². The molecule has 0 amide bonds. The van der Waals surface area contributed by atoms with E-state index in [1.54, 1.807) is 12.1 Å². The molecule has 1 aliphatic heterocycles. The predicted octanol–water partition coefficient (Wildman–Crippen LogP) is 7.53. The van der Waals surface area contributed by atoms with Gasteiger partial charge in [0.1, 0.15) is 17.1 Å². The van der Waals surface area contributed by atoms with Gasteiger partial charge >= 0.3 is 0 Å². The molecule has 1 aromatic rings. The first-order valence-corrected chi connectivity index (χ1v) is 10.8. The summed E-state index contributed by atoms with van der Waals surface area (Å²) in [5.41, 5.74) is 3.73. The standard InChI is InChI=1S/C26H38O2/c1-20(2)9-6-10-21(3)11-7-12-22(4)13-8-17-26(5)18-16-23-19-24(27)14-15-25(23)28-26/h8,11,13-15,17,19-20,27H,6-7,9-10,12,16,18H2,1-5H3. The number of phenols is 1. The summed E-state index contributed by atoms with van der Waals surface area (Å²) in [4.78, 5) is 0. The number of rotatable bonds is 9. The lowest BCUT2D eigenvalue weighted by atomic mass is 9.92. The van der Waals surface area contributed by atoms with Crippen LogP contribution in [0.2, 0.25) is 0 Å². The smallest absolute Gasteiger partial charge is 0.125 e. The Labute approximate surface area is 172 Å². The summed E-state index contributed by atoms with van der Waals surface area (Å²) >= 11 is 0. The van der Waals surface area contributed by atoms with Crippen LogP contribution in [0.5, 0.6) is 11.5 Å². The van der Waals surface area contributed by atoms with Gasteiger partial charge in [-0.3, -0.25) is 0 Å². The molecule has 1 heterocycles. The lowest BCUT2D eigenvalue weighted by Gasteiger charge is -2.33. The summed E-state index contributed by atoms with van der Waals surface area (Å²) in [7, 11) is 0. The van der Waals surface area contributed by atoms with Crippen LogP contribution in [0.1, 0.15) is 78.7 Å². The molecule has 2 nitrogen and oxygen atoms in total. The molecule has 0 spiro atoms. The zero-order valence-corrected chi connectivity index (χ0v) is 18.4. The Bertz CT molecular complexity index is 724. The lowest BCUT2D eigenvalue weighted by Crippen LogP contribution is -2.34. The number of allylic oxidation sites excluding steroid dienone is 5. The number of fused-ring (bicyclic) bond motifs is 1. The van der Waals surface area contributed by atoms with E-state index >= 15 is 0 Å². The van der Waals surface area contributed by atoms with Crippen LogP contribution < -0.4 is 4.74 Å². The van der Waals surface area contributed by atoms with Gasteiger partial charge in [-0.15, -0.1) is 0 Å². The molecular weight excluding hydrogens is 344 g/mol. The molecule has 154 valence electrons. The molecule has 1 unspecified atom stereocenters. The van der Waals surface area contributed by atoms with Gasteiger partial charge in [-0.2, -0.15) is 0 Å². The largest absolute Gasteiger partial charge is 0.508 e. The second-order valence-corrected chi connectivity index (χ2v) is 8.95. The van der Waals surface area contributed by atoms with Crippen molar-refractivity contribution in [2.45, 2.75) is 85.2 Å². The summed E-state index contributed by atoms with van der Waals surface area (Å²) in [6, 6.07) is 5.37. The minimum absolute atomic E-state index is 0.284. The summed E-state index contributed by atoms with van der Waals surface area (Å²) < 4.78 is 6.19. The summed E-state index contributed by atoms with van der Waals surface area (Å²) in [5, 5.41) is 9.61. The first kappa shape index (κ1) is 22.3. The van der Waals surface area contributed by atoms with Crippen molar-refractivity contribution in [2.24, 2.45) is 5.92 Å². The fourth-order valence-electron chi connectivity index (χ4n) is 3.60. The minimum atomic E-state index is -0.284. The van der Waals surface area contributed by atoms with E-state index < -0.39 is 0 Å². The van der Waals surface area contributed by atoms with E-state index in [4.69, 9.17) is 4.74 Å². The lowest BCUT2D eigenvalue weighted by molar-refractivity contribution is 0.114. The third-order valence-corrected chi connectivity index (χ3v) is 5.49. The molecule has 1 atom stereocenters. The first-order valence-electron chi connectivity index (χ1n) is 10.8. The van der Waals surface area contributed by atoms with E-state index in [1.807, 2.05) is 6.07 Å². The van der Waals surface area contributed by atoms with E-state index in [0.29, 0.717) is 5.75 Å². The molecule has 1 aromatic carbocycles. The maximum atomic E-state index is 9.61. The van der Waals surface area contributed by atoms with Gasteiger partial charge in [0.2, 0.25) is 0 Å². The van der Waals surface area contributed by atoms with Crippen LogP contribution >= 0.6 is 0 Å². The third kappa shape index (κ3) is 7.58. The number of aryl methyl sites for hydroxylation is 1. The van der Waals surface area contributed by atoms with Gasteiger partial charge in [0, 0.05) is 0 Å². The molecule has 0 bridgehead atoms. The Morgan fingerprint density at radius 1 is 1.21 bits per heavy atom. The minimum Gasteiger partial charge on any atom is -0.508 e. The Kier molecular flexibility index (Phi) is 8.41. The predicted molar refractivity (Wildman–Crippen MR) is 120 cm³/mol. The number of ether oxygens (including phenoxy) is 1. The van der Waals surface area contributed by atoms with E-state index in [2.05, 4.69) is 58.9 Å². The molecule has 0 fully saturated rings. The molecular formula is C26H38O2. The maximum absolute atomic E-state index is 9.61. The van der Waals surface area contributed by atoms with Gasteiger partial charge in [0.05, 0.1) is 0 Å². The summed E-state index contributed by atoms with van der Waals surface area (Å²) in [6.45, 7) is 11.2. The number of hydrogen-bond donors (Lipinski definition) is 1. The van der Waals surface area contributed by atoms with Crippen LogP contribution in [-0.4, -0.2) is 10.7 Å². The highest BCUT2D eigenvalue weighted by atomic mass is 16.5. The molecule has 0 saturated heterocycles. The topological polar surface area (TPSA) is 29.5 Å². The van der Waals surface area contributed by atoms with Crippen molar-refractivity contribution in [1.29, 1.82) is 0 Å². The Morgan fingerprint density at radius 3 is 2.75 bits per heavy atom. The van der Waals surface area contributed by atoms with Crippen molar-refractivity contribution >= 4 is 0 Å². The van der Waals surface area contributed by atoms with Gasteiger partial charge in [-0.1, -0.05) is 49.6 Å². The highest BCUT2D eigenvalue weighted by molar-refractivity contribution is 5.42. The van der Waals surface area contributed by atoms with E-state index in [9.17, 15) is 5.11 Å². The fraction of sp³-hybridized carbons (Fsp3) is 0.538. The molecule has 2 rings (SSSR count). The molecule has 1 N–H and O–H groups in total. The van der Waals surface area contributed by atoms with Crippen LogP contribution in [0.4, 0.5) is 0 Å². The molecule has 0 aromatic heterocycles. The van der Waals surface area contributed by atoms with Crippen LogP contribution in [0.3, 0.4) is 0 Å². The molecule has 0 aliphatic carbocycles.